The molecule has 0 radical (unpaired) electrons. The molecule has 0 aliphatic heterocycles. The van der Waals surface area contributed by atoms with Crippen molar-refractivity contribution in [1.82, 2.24) is 0 Å². The Hall–Kier alpha value is -5.70. The SMILES string of the molecule is CC(C)(c1ccccc1)c1ccc(N(c2ccc(-c3ccccc3)cc2)c2cccc3c2ccc2ccc4c5ccccc5sc4c23)cc1. The van der Waals surface area contributed by atoms with Crippen molar-refractivity contribution >= 4 is 70.1 Å². The molecule has 9 aromatic rings. The Labute approximate surface area is 291 Å². The van der Waals surface area contributed by atoms with Crippen LogP contribution in [0.5, 0.6) is 0 Å². The highest BCUT2D eigenvalue weighted by Gasteiger charge is 2.24. The first kappa shape index (κ1) is 29.4. The second-order valence-corrected chi connectivity index (χ2v) is 14.4. The van der Waals surface area contributed by atoms with E-state index in [-0.39, 0.29) is 5.41 Å². The summed E-state index contributed by atoms with van der Waals surface area (Å²) in [4.78, 5) is 2.42. The van der Waals surface area contributed by atoms with Crippen molar-refractivity contribution in [3.63, 3.8) is 0 Å². The Morgan fingerprint density at radius 1 is 0.429 bits per heavy atom. The van der Waals surface area contributed by atoms with Crippen molar-refractivity contribution in [2.24, 2.45) is 0 Å². The van der Waals surface area contributed by atoms with E-state index in [0.717, 1.165) is 11.4 Å². The molecule has 0 N–H and O–H groups in total. The fraction of sp³-hybridized carbons (Fsp3) is 0.0638. The van der Waals surface area contributed by atoms with Crippen LogP contribution in [-0.4, -0.2) is 0 Å². The highest BCUT2D eigenvalue weighted by atomic mass is 32.1. The largest absolute Gasteiger partial charge is 0.310 e. The van der Waals surface area contributed by atoms with Gasteiger partial charge in [0.15, 0.2) is 0 Å². The predicted octanol–water partition coefficient (Wildman–Crippen LogP) is 13.8. The van der Waals surface area contributed by atoms with Gasteiger partial charge in [-0.15, -0.1) is 11.3 Å². The number of thiophene rings is 1. The average Bonchev–Trinajstić information content (AvgIpc) is 3.55. The molecule has 1 nitrogen and oxygen atoms in total. The third-order valence-electron chi connectivity index (χ3n) is 10.2. The quantitative estimate of drug-likeness (QED) is 0.163. The molecule has 0 saturated carbocycles. The van der Waals surface area contributed by atoms with E-state index in [9.17, 15) is 0 Å². The van der Waals surface area contributed by atoms with Crippen LogP contribution >= 0.6 is 11.3 Å². The number of nitrogens with zero attached hydrogens (tertiary/aromatic N) is 1. The molecule has 0 unspecified atom stereocenters. The molecule has 9 rings (SSSR count). The second kappa shape index (κ2) is 11.8. The van der Waals surface area contributed by atoms with Gasteiger partial charge < -0.3 is 4.90 Å². The molecule has 0 bridgehead atoms. The van der Waals surface area contributed by atoms with Crippen LogP contribution in [0.1, 0.15) is 25.0 Å². The molecule has 1 heterocycles. The van der Waals surface area contributed by atoms with Crippen LogP contribution in [0.3, 0.4) is 0 Å². The minimum Gasteiger partial charge on any atom is -0.310 e. The normalized spacial score (nSPS) is 11.9. The maximum absolute atomic E-state index is 2.42. The van der Waals surface area contributed by atoms with Crippen molar-refractivity contribution in [3.05, 3.63) is 187 Å². The molecule has 0 saturated heterocycles. The molecular formula is C47H35NS. The van der Waals surface area contributed by atoms with E-state index in [4.69, 9.17) is 0 Å². The summed E-state index contributed by atoms with van der Waals surface area (Å²) in [5, 5.41) is 7.78. The van der Waals surface area contributed by atoms with Crippen molar-refractivity contribution in [2.45, 2.75) is 19.3 Å². The average molecular weight is 646 g/mol. The van der Waals surface area contributed by atoms with Gasteiger partial charge in [-0.3, -0.25) is 0 Å². The number of rotatable bonds is 6. The Kier molecular flexibility index (Phi) is 7.07. The summed E-state index contributed by atoms with van der Waals surface area (Å²) in [7, 11) is 0. The van der Waals surface area contributed by atoms with E-state index in [1.165, 1.54) is 69.7 Å². The number of fused-ring (bicyclic) bond motifs is 7. The zero-order chi connectivity index (χ0) is 33.0. The van der Waals surface area contributed by atoms with Gasteiger partial charge >= 0.3 is 0 Å². The van der Waals surface area contributed by atoms with Gasteiger partial charge in [0, 0.05) is 47.7 Å². The van der Waals surface area contributed by atoms with Crippen molar-refractivity contribution in [3.8, 4) is 11.1 Å². The van der Waals surface area contributed by atoms with E-state index in [1.54, 1.807) is 0 Å². The lowest BCUT2D eigenvalue weighted by molar-refractivity contribution is 0.641. The lowest BCUT2D eigenvalue weighted by Gasteiger charge is -2.29. The van der Waals surface area contributed by atoms with Crippen LogP contribution in [0.4, 0.5) is 17.1 Å². The molecule has 234 valence electrons. The Morgan fingerprint density at radius 3 is 1.73 bits per heavy atom. The van der Waals surface area contributed by atoms with Crippen LogP contribution in [-0.2, 0) is 5.41 Å². The van der Waals surface area contributed by atoms with Crippen LogP contribution in [0.15, 0.2) is 176 Å². The smallest absolute Gasteiger partial charge is 0.0540 e. The van der Waals surface area contributed by atoms with Crippen LogP contribution < -0.4 is 4.90 Å². The van der Waals surface area contributed by atoms with Gasteiger partial charge in [0.2, 0.25) is 0 Å². The van der Waals surface area contributed by atoms with Crippen LogP contribution in [0.25, 0.3) is 52.8 Å². The van der Waals surface area contributed by atoms with Gasteiger partial charge in [-0.2, -0.15) is 0 Å². The fourth-order valence-electron chi connectivity index (χ4n) is 7.44. The number of hydrogen-bond donors (Lipinski definition) is 0. The molecule has 0 aliphatic rings. The monoisotopic (exact) mass is 645 g/mol. The first-order chi connectivity index (χ1) is 24.1. The molecule has 0 amide bonds. The lowest BCUT2D eigenvalue weighted by Crippen LogP contribution is -2.19. The maximum Gasteiger partial charge on any atom is 0.0540 e. The third kappa shape index (κ3) is 4.99. The zero-order valence-corrected chi connectivity index (χ0v) is 28.4. The first-order valence-electron chi connectivity index (χ1n) is 16.9. The van der Waals surface area contributed by atoms with Gasteiger partial charge in [-0.05, 0) is 69.4 Å². The minimum absolute atomic E-state index is 0.115. The lowest BCUT2D eigenvalue weighted by atomic mass is 9.78. The van der Waals surface area contributed by atoms with E-state index >= 15 is 0 Å². The number of hydrogen-bond acceptors (Lipinski definition) is 2. The van der Waals surface area contributed by atoms with E-state index in [1.807, 2.05) is 11.3 Å². The zero-order valence-electron chi connectivity index (χ0n) is 27.6. The minimum atomic E-state index is -0.115. The fourth-order valence-corrected chi connectivity index (χ4v) is 8.72. The summed E-state index contributed by atoms with van der Waals surface area (Å²) in [6.07, 6.45) is 0. The van der Waals surface area contributed by atoms with Gasteiger partial charge in [0.05, 0.1) is 5.69 Å². The standard InChI is InChI=1S/C47H35NS/c1-47(2,35-14-7-4-8-15-35)36-24-28-38(29-25-36)48(37-26-20-33(21-27-37)32-12-5-3-6-13-32)43-18-11-17-41-39(43)30-22-34-23-31-42-40-16-9-10-19-44(40)49-46(42)45(34)41/h3-31H,1-2H3. The highest BCUT2D eigenvalue weighted by molar-refractivity contribution is 7.26. The summed E-state index contributed by atoms with van der Waals surface area (Å²) < 4.78 is 2.68. The molecule has 2 heteroatoms. The molecule has 0 atom stereocenters. The second-order valence-electron chi connectivity index (χ2n) is 13.4. The summed E-state index contributed by atoms with van der Waals surface area (Å²) in [6, 6.07) is 64.3. The summed E-state index contributed by atoms with van der Waals surface area (Å²) in [6.45, 7) is 4.62. The topological polar surface area (TPSA) is 3.24 Å². The molecule has 0 spiro atoms. The molecule has 1 aromatic heterocycles. The Morgan fingerprint density at radius 2 is 1.00 bits per heavy atom. The van der Waals surface area contributed by atoms with Crippen molar-refractivity contribution < 1.29 is 0 Å². The predicted molar refractivity (Wildman–Crippen MR) is 213 cm³/mol. The Bertz CT molecular complexity index is 2600. The number of anilines is 3. The maximum atomic E-state index is 2.42. The van der Waals surface area contributed by atoms with Crippen molar-refractivity contribution in [2.75, 3.05) is 4.90 Å². The number of benzene rings is 8. The third-order valence-corrected chi connectivity index (χ3v) is 11.4. The van der Waals surface area contributed by atoms with E-state index in [0.29, 0.717) is 0 Å². The van der Waals surface area contributed by atoms with Gasteiger partial charge in [0.25, 0.3) is 0 Å². The highest BCUT2D eigenvalue weighted by Crippen LogP contribution is 2.45. The van der Waals surface area contributed by atoms with Gasteiger partial charge in [-0.25, -0.2) is 0 Å². The van der Waals surface area contributed by atoms with Gasteiger partial charge in [-0.1, -0.05) is 153 Å². The molecule has 8 aromatic carbocycles. The first-order valence-corrected chi connectivity index (χ1v) is 17.8. The van der Waals surface area contributed by atoms with Crippen LogP contribution in [0.2, 0.25) is 0 Å². The van der Waals surface area contributed by atoms with Gasteiger partial charge in [0.1, 0.15) is 0 Å². The summed E-state index contributed by atoms with van der Waals surface area (Å²) >= 11 is 1.90. The van der Waals surface area contributed by atoms with Crippen LogP contribution in [0, 0.1) is 0 Å². The summed E-state index contributed by atoms with van der Waals surface area (Å²) in [5.74, 6) is 0. The molecule has 49 heavy (non-hydrogen) atoms. The van der Waals surface area contributed by atoms with E-state index in [2.05, 4.69) is 195 Å². The summed E-state index contributed by atoms with van der Waals surface area (Å²) in [5.41, 5.74) is 8.34. The van der Waals surface area contributed by atoms with E-state index < -0.39 is 0 Å². The molecular weight excluding hydrogens is 611 g/mol. The van der Waals surface area contributed by atoms with Crippen molar-refractivity contribution in [1.29, 1.82) is 0 Å². The molecule has 0 fully saturated rings. The molecule has 0 aliphatic carbocycles. The Balaban J connectivity index is 1.24.